The van der Waals surface area contributed by atoms with Gasteiger partial charge in [-0.05, 0) is 6.42 Å². The number of esters is 1. The summed E-state index contributed by atoms with van der Waals surface area (Å²) in [6, 6.07) is 0. The molecule has 0 saturated heterocycles. The highest BCUT2D eigenvalue weighted by molar-refractivity contribution is 6.12. The highest BCUT2D eigenvalue weighted by Crippen LogP contribution is 2.09. The molecule has 88 valence electrons. The number of ether oxygens (including phenoxy) is 3. The van der Waals surface area contributed by atoms with Crippen LogP contribution in [0.25, 0.3) is 0 Å². The molecule has 1 atom stereocenters. The fourth-order valence-corrected chi connectivity index (χ4v) is 1.11. The van der Waals surface area contributed by atoms with Crippen molar-refractivity contribution in [2.45, 2.75) is 31.8 Å². The molecule has 0 aromatic heterocycles. The van der Waals surface area contributed by atoms with Crippen molar-refractivity contribution in [2.75, 3.05) is 14.2 Å². The summed E-state index contributed by atoms with van der Waals surface area (Å²) in [5.74, 6) is -0.351. The van der Waals surface area contributed by atoms with Gasteiger partial charge in [0.1, 0.15) is 0 Å². The molecule has 0 aliphatic rings. The number of carbonyl (C=O) groups excluding carboxylic acids is 1. The van der Waals surface area contributed by atoms with Crippen molar-refractivity contribution < 1.29 is 19.0 Å². The van der Waals surface area contributed by atoms with Crippen molar-refractivity contribution in [1.82, 2.24) is 0 Å². The van der Waals surface area contributed by atoms with Gasteiger partial charge in [-0.1, -0.05) is 13.5 Å². The summed E-state index contributed by atoms with van der Waals surface area (Å²) in [4.78, 5) is 11.5. The summed E-state index contributed by atoms with van der Waals surface area (Å²) < 4.78 is 15.1. The highest BCUT2D eigenvalue weighted by atomic mass is 28.1. The lowest BCUT2D eigenvalue weighted by molar-refractivity contribution is -0.143. The van der Waals surface area contributed by atoms with Gasteiger partial charge in [0.25, 0.3) is 0 Å². The first-order valence-corrected chi connectivity index (χ1v) is 6.14. The molecule has 0 aliphatic carbocycles. The molecule has 0 heterocycles. The molecule has 0 aliphatic heterocycles. The van der Waals surface area contributed by atoms with E-state index in [-0.39, 0.29) is 11.7 Å². The van der Waals surface area contributed by atoms with Crippen LogP contribution in [-0.2, 0) is 19.0 Å². The van der Waals surface area contributed by atoms with Gasteiger partial charge < -0.3 is 14.2 Å². The summed E-state index contributed by atoms with van der Waals surface area (Å²) in [6.07, 6.45) is 0.756. The minimum absolute atomic E-state index is 0.0535. The average Bonchev–Trinajstić information content (AvgIpc) is 2.24. The van der Waals surface area contributed by atoms with E-state index in [4.69, 9.17) is 14.2 Å². The second-order valence-electron chi connectivity index (χ2n) is 3.33. The molecule has 0 rings (SSSR count). The Labute approximate surface area is 94.0 Å². The van der Waals surface area contributed by atoms with E-state index in [1.165, 1.54) is 14.2 Å². The maximum absolute atomic E-state index is 11.5. The summed E-state index contributed by atoms with van der Waals surface area (Å²) in [6.45, 7) is 5.65. The lowest BCUT2D eigenvalue weighted by Gasteiger charge is -2.16. The van der Waals surface area contributed by atoms with Gasteiger partial charge in [0.2, 0.25) is 0 Å². The zero-order valence-corrected chi connectivity index (χ0v) is 11.9. The van der Waals surface area contributed by atoms with Gasteiger partial charge in [0.05, 0.1) is 16.0 Å². The zero-order chi connectivity index (χ0) is 11.8. The van der Waals surface area contributed by atoms with Crippen LogP contribution >= 0.6 is 0 Å². The van der Waals surface area contributed by atoms with Gasteiger partial charge in [-0.3, -0.25) is 0 Å². The molecule has 0 fully saturated rings. The van der Waals surface area contributed by atoms with Crippen LogP contribution in [0.1, 0.15) is 19.8 Å². The van der Waals surface area contributed by atoms with Crippen LogP contribution in [0.3, 0.4) is 0 Å². The predicted octanol–water partition coefficient (Wildman–Crippen LogP) is 0.196. The Balaban J connectivity index is 4.04. The number of carbonyl (C=O) groups is 1. The van der Waals surface area contributed by atoms with E-state index < -0.39 is 6.29 Å². The second kappa shape index (κ2) is 7.61. The molecular formula is C10H20O4Si. The molecule has 0 spiro atoms. The van der Waals surface area contributed by atoms with Crippen LogP contribution in [0.2, 0.25) is 0 Å². The standard InChI is InChI=1S/C10H20O4Si/c1-5-9(15)14-10(11)7(2)6-8(12-3)13-4/h8-9H,2,5-6H2,1,3-4,15H3. The predicted molar refractivity (Wildman–Crippen MR) is 61.7 cm³/mol. The van der Waals surface area contributed by atoms with Crippen LogP contribution in [-0.4, -0.2) is 42.4 Å². The number of rotatable bonds is 7. The van der Waals surface area contributed by atoms with E-state index in [0.717, 1.165) is 16.7 Å². The van der Waals surface area contributed by atoms with Crippen LogP contribution in [0.5, 0.6) is 0 Å². The Morgan fingerprint density at radius 3 is 2.33 bits per heavy atom. The molecule has 0 amide bonds. The Morgan fingerprint density at radius 2 is 1.93 bits per heavy atom. The summed E-state index contributed by atoms with van der Waals surface area (Å²) in [5, 5.41) is 0. The Morgan fingerprint density at radius 1 is 1.40 bits per heavy atom. The third-order valence-electron chi connectivity index (χ3n) is 2.11. The summed E-state index contributed by atoms with van der Waals surface area (Å²) in [7, 11) is 3.88. The molecule has 4 nitrogen and oxygen atoms in total. The van der Waals surface area contributed by atoms with E-state index in [0.29, 0.717) is 12.0 Å². The fourth-order valence-electron chi connectivity index (χ4n) is 0.897. The maximum atomic E-state index is 11.5. The number of methoxy groups -OCH3 is 2. The van der Waals surface area contributed by atoms with Gasteiger partial charge in [-0.2, -0.15) is 0 Å². The van der Waals surface area contributed by atoms with E-state index >= 15 is 0 Å². The molecule has 0 saturated carbocycles. The molecule has 0 aromatic rings. The first kappa shape index (κ1) is 14.3. The number of hydrogen-bond donors (Lipinski definition) is 0. The molecular weight excluding hydrogens is 212 g/mol. The van der Waals surface area contributed by atoms with Crippen LogP contribution in [0.4, 0.5) is 0 Å². The summed E-state index contributed by atoms with van der Waals surface area (Å²) in [5.41, 5.74) is 0.441. The van der Waals surface area contributed by atoms with Gasteiger partial charge in [-0.15, -0.1) is 0 Å². The van der Waals surface area contributed by atoms with Crippen molar-refractivity contribution >= 4 is 16.2 Å². The van der Waals surface area contributed by atoms with E-state index in [1.807, 2.05) is 6.92 Å². The van der Waals surface area contributed by atoms with Crippen LogP contribution in [0, 0.1) is 0 Å². The second-order valence-corrected chi connectivity index (χ2v) is 4.62. The van der Waals surface area contributed by atoms with Gasteiger partial charge in [0, 0.05) is 26.2 Å². The quantitative estimate of drug-likeness (QED) is 0.272. The van der Waals surface area contributed by atoms with Crippen molar-refractivity contribution in [1.29, 1.82) is 0 Å². The molecule has 0 bridgehead atoms. The fraction of sp³-hybridized carbons (Fsp3) is 0.700. The summed E-state index contributed by atoms with van der Waals surface area (Å²) >= 11 is 0. The van der Waals surface area contributed by atoms with Gasteiger partial charge in [-0.25, -0.2) is 4.79 Å². The third-order valence-corrected chi connectivity index (χ3v) is 3.16. The van der Waals surface area contributed by atoms with Crippen molar-refractivity contribution in [3.63, 3.8) is 0 Å². The maximum Gasteiger partial charge on any atom is 0.333 e. The molecule has 1 unspecified atom stereocenters. The van der Waals surface area contributed by atoms with Gasteiger partial charge in [0.15, 0.2) is 6.29 Å². The van der Waals surface area contributed by atoms with Crippen molar-refractivity contribution in [2.24, 2.45) is 0 Å². The largest absolute Gasteiger partial charge is 0.464 e. The molecule has 0 aromatic carbocycles. The van der Waals surface area contributed by atoms with Crippen LogP contribution in [0.15, 0.2) is 12.2 Å². The monoisotopic (exact) mass is 232 g/mol. The van der Waals surface area contributed by atoms with Gasteiger partial charge >= 0.3 is 5.97 Å². The minimum atomic E-state index is -0.431. The van der Waals surface area contributed by atoms with Crippen molar-refractivity contribution in [3.05, 3.63) is 12.2 Å². The number of hydrogen-bond acceptors (Lipinski definition) is 4. The molecule has 0 N–H and O–H groups in total. The smallest absolute Gasteiger partial charge is 0.333 e. The lowest BCUT2D eigenvalue weighted by atomic mass is 10.2. The van der Waals surface area contributed by atoms with E-state index in [9.17, 15) is 4.79 Å². The molecule has 15 heavy (non-hydrogen) atoms. The third kappa shape index (κ3) is 5.71. The van der Waals surface area contributed by atoms with Crippen LogP contribution < -0.4 is 0 Å². The minimum Gasteiger partial charge on any atom is -0.464 e. The Bertz CT molecular complexity index is 213. The normalized spacial score (nSPS) is 12.8. The highest BCUT2D eigenvalue weighted by Gasteiger charge is 2.16. The van der Waals surface area contributed by atoms with E-state index in [2.05, 4.69) is 6.58 Å². The first-order chi connectivity index (χ1) is 7.04. The molecule has 5 heteroatoms. The zero-order valence-electron chi connectivity index (χ0n) is 9.91. The molecule has 0 radical (unpaired) electrons. The lowest BCUT2D eigenvalue weighted by Crippen LogP contribution is -2.22. The average molecular weight is 232 g/mol. The SMILES string of the molecule is C=C(CC(OC)OC)C(=O)OC([SiH3])CC. The Hall–Kier alpha value is -0.653. The first-order valence-electron chi connectivity index (χ1n) is 4.99. The van der Waals surface area contributed by atoms with E-state index in [1.54, 1.807) is 0 Å². The topological polar surface area (TPSA) is 44.8 Å². The van der Waals surface area contributed by atoms with Crippen molar-refractivity contribution in [3.8, 4) is 0 Å². The Kier molecular flexibility index (Phi) is 7.28.